The summed E-state index contributed by atoms with van der Waals surface area (Å²) in [7, 11) is 1.31. The molecule has 5 heteroatoms. The molecule has 0 saturated carbocycles. The quantitative estimate of drug-likeness (QED) is 0.677. The number of esters is 1. The van der Waals surface area contributed by atoms with E-state index < -0.39 is 11.5 Å². The van der Waals surface area contributed by atoms with Crippen LogP contribution in [0.4, 0.5) is 0 Å². The van der Waals surface area contributed by atoms with Crippen molar-refractivity contribution in [3.63, 3.8) is 0 Å². The van der Waals surface area contributed by atoms with E-state index in [0.29, 0.717) is 0 Å². The first-order chi connectivity index (χ1) is 7.47. The number of amides is 1. The largest absolute Gasteiger partial charge is 0.467 e. The van der Waals surface area contributed by atoms with Crippen LogP contribution in [0, 0.1) is 0 Å². The molecule has 1 amide bonds. The van der Waals surface area contributed by atoms with Crippen molar-refractivity contribution >= 4 is 11.9 Å². The fourth-order valence-electron chi connectivity index (χ4n) is 1.78. The van der Waals surface area contributed by atoms with Crippen molar-refractivity contribution in [3.8, 4) is 0 Å². The number of ether oxygens (including phenoxy) is 1. The second kappa shape index (κ2) is 5.30. The fourth-order valence-corrected chi connectivity index (χ4v) is 1.78. The Labute approximate surface area is 95.9 Å². The third-order valence-electron chi connectivity index (χ3n) is 2.76. The van der Waals surface area contributed by atoms with Crippen LogP contribution in [0.25, 0.3) is 0 Å². The van der Waals surface area contributed by atoms with Gasteiger partial charge in [0.25, 0.3) is 0 Å². The van der Waals surface area contributed by atoms with Crippen LogP contribution in [-0.4, -0.2) is 37.1 Å². The lowest BCUT2D eigenvalue weighted by molar-refractivity contribution is -0.149. The Kier molecular flexibility index (Phi) is 4.29. The Balaban J connectivity index is 2.52. The lowest BCUT2D eigenvalue weighted by Gasteiger charge is -2.28. The molecular formula is C11H20N2O3. The van der Waals surface area contributed by atoms with E-state index in [2.05, 4.69) is 15.4 Å². The van der Waals surface area contributed by atoms with E-state index >= 15 is 0 Å². The van der Waals surface area contributed by atoms with Gasteiger partial charge in [-0.15, -0.1) is 0 Å². The van der Waals surface area contributed by atoms with E-state index in [9.17, 15) is 9.59 Å². The number of nitrogens with one attached hydrogen (secondary N) is 2. The predicted octanol–water partition coefficient (Wildman–Crippen LogP) is 0.196. The van der Waals surface area contributed by atoms with E-state index in [0.717, 1.165) is 25.8 Å². The number of hydrogen-bond acceptors (Lipinski definition) is 4. The first-order valence-corrected chi connectivity index (χ1v) is 5.61. The second-order valence-corrected chi connectivity index (χ2v) is 4.61. The zero-order valence-corrected chi connectivity index (χ0v) is 10.1. The molecule has 0 spiro atoms. The molecule has 1 atom stereocenters. The highest BCUT2D eigenvalue weighted by Gasteiger charge is 2.33. The summed E-state index contributed by atoms with van der Waals surface area (Å²) in [5.74, 6) is -0.563. The molecule has 0 bridgehead atoms. The van der Waals surface area contributed by atoms with Gasteiger partial charge in [-0.05, 0) is 33.2 Å². The zero-order chi connectivity index (χ0) is 12.2. The molecular weight excluding hydrogens is 208 g/mol. The van der Waals surface area contributed by atoms with Crippen molar-refractivity contribution in [1.82, 2.24) is 10.6 Å². The Morgan fingerprint density at radius 2 is 2.06 bits per heavy atom. The predicted molar refractivity (Wildman–Crippen MR) is 59.9 cm³/mol. The number of carbonyl (C=O) groups is 2. The summed E-state index contributed by atoms with van der Waals surface area (Å²) in [6.07, 6.45) is 2.97. The van der Waals surface area contributed by atoms with E-state index in [4.69, 9.17) is 0 Å². The molecule has 1 aliphatic rings. The molecule has 5 nitrogen and oxygen atoms in total. The molecule has 2 N–H and O–H groups in total. The van der Waals surface area contributed by atoms with Crippen molar-refractivity contribution in [1.29, 1.82) is 0 Å². The van der Waals surface area contributed by atoms with Crippen molar-refractivity contribution in [2.75, 3.05) is 13.7 Å². The Morgan fingerprint density at radius 1 is 1.38 bits per heavy atom. The average molecular weight is 228 g/mol. The lowest BCUT2D eigenvalue weighted by Crippen LogP contribution is -2.56. The van der Waals surface area contributed by atoms with Gasteiger partial charge in [0.2, 0.25) is 5.91 Å². The highest BCUT2D eigenvalue weighted by atomic mass is 16.5. The van der Waals surface area contributed by atoms with Crippen molar-refractivity contribution in [2.24, 2.45) is 0 Å². The molecule has 1 saturated heterocycles. The summed E-state index contributed by atoms with van der Waals surface area (Å²) in [6, 6.07) is -0.183. The average Bonchev–Trinajstić information content (AvgIpc) is 2.28. The van der Waals surface area contributed by atoms with Gasteiger partial charge >= 0.3 is 5.97 Å². The van der Waals surface area contributed by atoms with Gasteiger partial charge in [0.05, 0.1) is 13.2 Å². The monoisotopic (exact) mass is 228 g/mol. The maximum absolute atomic E-state index is 11.9. The standard InChI is InChI=1S/C11H20N2O3/c1-11(2,10(15)16-3)13-9(14)8-6-4-5-7-12-8/h8,12H,4-7H2,1-3H3,(H,13,14)/t8-/m0/s1. The van der Waals surface area contributed by atoms with Crippen LogP contribution in [-0.2, 0) is 14.3 Å². The molecule has 1 heterocycles. The molecule has 0 aromatic heterocycles. The Bertz CT molecular complexity index is 270. The molecule has 1 fully saturated rings. The molecule has 0 radical (unpaired) electrons. The number of rotatable bonds is 3. The zero-order valence-electron chi connectivity index (χ0n) is 10.1. The number of piperidine rings is 1. The minimum atomic E-state index is -0.967. The summed E-state index contributed by atoms with van der Waals surface area (Å²) in [4.78, 5) is 23.2. The van der Waals surface area contributed by atoms with E-state index in [1.54, 1.807) is 13.8 Å². The van der Waals surface area contributed by atoms with Gasteiger partial charge < -0.3 is 15.4 Å². The van der Waals surface area contributed by atoms with Crippen LogP contribution in [0.5, 0.6) is 0 Å². The van der Waals surface area contributed by atoms with E-state index in [1.165, 1.54) is 7.11 Å². The van der Waals surface area contributed by atoms with Crippen LogP contribution in [0.3, 0.4) is 0 Å². The first kappa shape index (κ1) is 13.0. The van der Waals surface area contributed by atoms with Gasteiger partial charge in [0.1, 0.15) is 5.54 Å². The van der Waals surface area contributed by atoms with Crippen LogP contribution >= 0.6 is 0 Å². The van der Waals surface area contributed by atoms with E-state index in [1.807, 2.05) is 0 Å². The highest BCUT2D eigenvalue weighted by molar-refractivity contribution is 5.89. The molecule has 16 heavy (non-hydrogen) atoms. The third kappa shape index (κ3) is 3.20. The Hall–Kier alpha value is -1.10. The molecule has 1 rings (SSSR count). The third-order valence-corrected chi connectivity index (χ3v) is 2.76. The normalized spacial score (nSPS) is 21.3. The summed E-state index contributed by atoms with van der Waals surface area (Å²) >= 11 is 0. The molecule has 0 unspecified atom stereocenters. The number of carbonyl (C=O) groups excluding carboxylic acids is 2. The van der Waals surface area contributed by atoms with Gasteiger partial charge in [0, 0.05) is 0 Å². The van der Waals surface area contributed by atoms with Gasteiger partial charge in [0.15, 0.2) is 0 Å². The van der Waals surface area contributed by atoms with Gasteiger partial charge in [-0.25, -0.2) is 4.79 Å². The minimum absolute atomic E-state index is 0.130. The molecule has 0 aromatic rings. The van der Waals surface area contributed by atoms with Gasteiger partial charge in [-0.1, -0.05) is 6.42 Å². The number of methoxy groups -OCH3 is 1. The minimum Gasteiger partial charge on any atom is -0.467 e. The second-order valence-electron chi connectivity index (χ2n) is 4.61. The smallest absolute Gasteiger partial charge is 0.330 e. The van der Waals surface area contributed by atoms with Crippen LogP contribution < -0.4 is 10.6 Å². The van der Waals surface area contributed by atoms with Crippen molar-refractivity contribution in [3.05, 3.63) is 0 Å². The Morgan fingerprint density at radius 3 is 2.56 bits per heavy atom. The van der Waals surface area contributed by atoms with Crippen LogP contribution in [0.15, 0.2) is 0 Å². The van der Waals surface area contributed by atoms with Gasteiger partial charge in [-0.3, -0.25) is 4.79 Å². The maximum Gasteiger partial charge on any atom is 0.330 e. The highest BCUT2D eigenvalue weighted by Crippen LogP contribution is 2.10. The summed E-state index contributed by atoms with van der Waals surface area (Å²) in [6.45, 7) is 4.13. The van der Waals surface area contributed by atoms with E-state index in [-0.39, 0.29) is 11.9 Å². The molecule has 0 aliphatic carbocycles. The SMILES string of the molecule is COC(=O)C(C)(C)NC(=O)[C@@H]1CCCCN1. The van der Waals surface area contributed by atoms with Gasteiger partial charge in [-0.2, -0.15) is 0 Å². The summed E-state index contributed by atoms with van der Waals surface area (Å²) in [5.41, 5.74) is -0.967. The lowest BCUT2D eigenvalue weighted by atomic mass is 10.0. The maximum atomic E-state index is 11.9. The summed E-state index contributed by atoms with van der Waals surface area (Å²) in [5, 5.41) is 5.83. The summed E-state index contributed by atoms with van der Waals surface area (Å²) < 4.78 is 4.63. The van der Waals surface area contributed by atoms with Crippen molar-refractivity contribution in [2.45, 2.75) is 44.7 Å². The van der Waals surface area contributed by atoms with Crippen LogP contribution in [0.2, 0.25) is 0 Å². The fraction of sp³-hybridized carbons (Fsp3) is 0.818. The number of hydrogen-bond donors (Lipinski definition) is 2. The first-order valence-electron chi connectivity index (χ1n) is 5.61. The topological polar surface area (TPSA) is 67.4 Å². The van der Waals surface area contributed by atoms with Crippen molar-refractivity contribution < 1.29 is 14.3 Å². The molecule has 0 aromatic carbocycles. The van der Waals surface area contributed by atoms with Crippen LogP contribution in [0.1, 0.15) is 33.1 Å². The molecule has 92 valence electrons. The molecule has 1 aliphatic heterocycles.